The number of halogens is 3. The molecule has 0 atom stereocenters. The normalized spacial score (nSPS) is 15.2. The zero-order valence-corrected chi connectivity index (χ0v) is 10.4. The Hall–Kier alpha value is -1.76. The average Bonchev–Trinajstić information content (AvgIpc) is 3.17. The van der Waals surface area contributed by atoms with Crippen LogP contribution in [0, 0.1) is 5.92 Å². The van der Waals surface area contributed by atoms with E-state index in [0.717, 1.165) is 25.0 Å². The number of hydrogen-bond donors (Lipinski definition) is 1. The molecule has 1 fully saturated rings. The lowest BCUT2D eigenvalue weighted by Gasteiger charge is -2.14. The van der Waals surface area contributed by atoms with E-state index < -0.39 is 29.0 Å². The van der Waals surface area contributed by atoms with Crippen LogP contribution in [0.5, 0.6) is 5.75 Å². The first-order valence-corrected chi connectivity index (χ1v) is 6.03. The lowest BCUT2D eigenvalue weighted by molar-refractivity contribution is -0.139. The third kappa shape index (κ3) is 3.86. The molecule has 0 aromatic heterocycles. The van der Waals surface area contributed by atoms with Gasteiger partial charge in [0.2, 0.25) is 0 Å². The Morgan fingerprint density at radius 2 is 2.05 bits per heavy atom. The summed E-state index contributed by atoms with van der Waals surface area (Å²) in [7, 11) is 0. The molecule has 0 heterocycles. The summed E-state index contributed by atoms with van der Waals surface area (Å²) in [5.41, 5.74) is -1.56. The van der Waals surface area contributed by atoms with Crippen molar-refractivity contribution in [2.45, 2.75) is 19.0 Å². The molecule has 4 nitrogen and oxygen atoms in total. The van der Waals surface area contributed by atoms with E-state index in [-0.39, 0.29) is 6.79 Å². The second kappa shape index (κ2) is 5.70. The lowest BCUT2D eigenvalue weighted by atomic mass is 10.1. The first-order valence-electron chi connectivity index (χ1n) is 6.03. The first kappa shape index (κ1) is 14.6. The van der Waals surface area contributed by atoms with Gasteiger partial charge in [-0.2, -0.15) is 13.2 Å². The average molecular weight is 290 g/mol. The Kier molecular flexibility index (Phi) is 4.17. The summed E-state index contributed by atoms with van der Waals surface area (Å²) in [6.45, 7) is 0.181. The Balaban J connectivity index is 2.07. The van der Waals surface area contributed by atoms with E-state index >= 15 is 0 Å². The number of hydrogen-bond acceptors (Lipinski definition) is 3. The minimum absolute atomic E-state index is 0.286. The maximum absolute atomic E-state index is 12.8. The fourth-order valence-corrected chi connectivity index (χ4v) is 1.61. The van der Waals surface area contributed by atoms with Gasteiger partial charge in [-0.15, -0.1) is 0 Å². The van der Waals surface area contributed by atoms with Gasteiger partial charge < -0.3 is 14.6 Å². The van der Waals surface area contributed by atoms with Gasteiger partial charge >= 0.3 is 12.1 Å². The van der Waals surface area contributed by atoms with Crippen molar-refractivity contribution in [1.29, 1.82) is 0 Å². The molecule has 1 aliphatic rings. The summed E-state index contributed by atoms with van der Waals surface area (Å²) in [4.78, 5) is 10.7. The first-order chi connectivity index (χ1) is 9.38. The molecule has 1 N–H and O–H groups in total. The van der Waals surface area contributed by atoms with Crippen LogP contribution in [0.4, 0.5) is 13.2 Å². The van der Waals surface area contributed by atoms with Gasteiger partial charge in [0.15, 0.2) is 6.79 Å². The van der Waals surface area contributed by atoms with E-state index in [2.05, 4.69) is 0 Å². The molecule has 1 aromatic rings. The predicted octanol–water partition coefficient (Wildman–Crippen LogP) is 3.17. The summed E-state index contributed by atoms with van der Waals surface area (Å²) >= 11 is 0. The number of ether oxygens (including phenoxy) is 2. The highest BCUT2D eigenvalue weighted by molar-refractivity contribution is 5.88. The van der Waals surface area contributed by atoms with Gasteiger partial charge in [0, 0.05) is 0 Å². The number of carboxylic acids is 1. The van der Waals surface area contributed by atoms with Gasteiger partial charge in [-0.05, 0) is 37.0 Å². The highest BCUT2D eigenvalue weighted by Crippen LogP contribution is 2.37. The van der Waals surface area contributed by atoms with Crippen LogP contribution >= 0.6 is 0 Å². The van der Waals surface area contributed by atoms with Gasteiger partial charge in [-0.3, -0.25) is 0 Å². The maximum Gasteiger partial charge on any atom is 0.419 e. The van der Waals surface area contributed by atoms with Crippen molar-refractivity contribution in [3.05, 3.63) is 29.3 Å². The van der Waals surface area contributed by atoms with Crippen molar-refractivity contribution in [3.63, 3.8) is 0 Å². The second-order valence-electron chi connectivity index (χ2n) is 4.59. The molecule has 0 saturated heterocycles. The molecule has 0 amide bonds. The minimum atomic E-state index is -4.68. The predicted molar refractivity (Wildman–Crippen MR) is 62.6 cm³/mol. The van der Waals surface area contributed by atoms with Crippen LogP contribution in [-0.2, 0) is 10.9 Å². The van der Waals surface area contributed by atoms with Crippen LogP contribution in [0.25, 0.3) is 0 Å². The SMILES string of the molecule is O=C(O)c1ccc(OCOCC2CC2)c(C(F)(F)F)c1. The highest BCUT2D eigenvalue weighted by atomic mass is 19.4. The molecule has 1 saturated carbocycles. The number of aromatic carboxylic acids is 1. The Morgan fingerprint density at radius 3 is 2.60 bits per heavy atom. The Morgan fingerprint density at radius 1 is 1.35 bits per heavy atom. The molecule has 0 bridgehead atoms. The number of carbonyl (C=O) groups is 1. The molecular formula is C13H13F3O4. The number of benzene rings is 1. The zero-order chi connectivity index (χ0) is 14.8. The number of carboxylic acid groups (broad SMARTS) is 1. The van der Waals surface area contributed by atoms with Gasteiger partial charge in [-0.1, -0.05) is 0 Å². The van der Waals surface area contributed by atoms with Gasteiger partial charge in [0.05, 0.1) is 17.7 Å². The van der Waals surface area contributed by atoms with E-state index in [4.69, 9.17) is 14.6 Å². The summed E-state index contributed by atoms with van der Waals surface area (Å²) in [6.07, 6.45) is -2.54. The molecule has 7 heteroatoms. The zero-order valence-electron chi connectivity index (χ0n) is 10.4. The van der Waals surface area contributed by atoms with Crippen LogP contribution in [-0.4, -0.2) is 24.5 Å². The van der Waals surface area contributed by atoms with E-state index in [0.29, 0.717) is 18.6 Å². The highest BCUT2D eigenvalue weighted by Gasteiger charge is 2.35. The van der Waals surface area contributed by atoms with Crippen LogP contribution in [0.15, 0.2) is 18.2 Å². The van der Waals surface area contributed by atoms with E-state index in [9.17, 15) is 18.0 Å². The Labute approximate surface area is 113 Å². The summed E-state index contributed by atoms with van der Waals surface area (Å²) in [6, 6.07) is 2.61. The molecular weight excluding hydrogens is 277 g/mol. The number of rotatable bonds is 6. The quantitative estimate of drug-likeness (QED) is 0.646. The standard InChI is InChI=1S/C13H13F3O4/c14-13(15,16)10-5-9(12(17)18)3-4-11(10)20-7-19-6-8-1-2-8/h3-5,8H,1-2,6-7H2,(H,17,18). The lowest BCUT2D eigenvalue weighted by Crippen LogP contribution is -2.13. The minimum Gasteiger partial charge on any atom is -0.478 e. The van der Waals surface area contributed by atoms with Crippen molar-refractivity contribution in [2.75, 3.05) is 13.4 Å². The fraction of sp³-hybridized carbons (Fsp3) is 0.462. The van der Waals surface area contributed by atoms with Crippen LogP contribution in [0.3, 0.4) is 0 Å². The monoisotopic (exact) mass is 290 g/mol. The summed E-state index contributed by atoms with van der Waals surface area (Å²) in [5, 5.41) is 8.72. The smallest absolute Gasteiger partial charge is 0.419 e. The number of alkyl halides is 3. The van der Waals surface area contributed by atoms with Crippen molar-refractivity contribution < 1.29 is 32.5 Å². The molecule has 1 aliphatic carbocycles. The molecule has 0 spiro atoms. The topological polar surface area (TPSA) is 55.8 Å². The maximum atomic E-state index is 12.8. The van der Waals surface area contributed by atoms with E-state index in [1.807, 2.05) is 0 Å². The third-order valence-electron chi connectivity index (χ3n) is 2.88. The largest absolute Gasteiger partial charge is 0.478 e. The molecule has 0 unspecified atom stereocenters. The second-order valence-corrected chi connectivity index (χ2v) is 4.59. The molecule has 0 aliphatic heterocycles. The van der Waals surface area contributed by atoms with Gasteiger partial charge in [0.25, 0.3) is 0 Å². The Bertz CT molecular complexity index is 495. The van der Waals surface area contributed by atoms with Crippen LogP contribution in [0.2, 0.25) is 0 Å². The van der Waals surface area contributed by atoms with Crippen molar-refractivity contribution in [3.8, 4) is 5.75 Å². The summed E-state index contributed by atoms with van der Waals surface area (Å²) < 4.78 is 48.5. The van der Waals surface area contributed by atoms with E-state index in [1.165, 1.54) is 0 Å². The van der Waals surface area contributed by atoms with Gasteiger partial charge in [0.1, 0.15) is 5.75 Å². The van der Waals surface area contributed by atoms with Crippen LogP contribution < -0.4 is 4.74 Å². The molecule has 1 aromatic carbocycles. The van der Waals surface area contributed by atoms with Crippen molar-refractivity contribution >= 4 is 5.97 Å². The third-order valence-corrected chi connectivity index (χ3v) is 2.88. The van der Waals surface area contributed by atoms with Crippen LogP contribution in [0.1, 0.15) is 28.8 Å². The molecule has 0 radical (unpaired) electrons. The summed E-state index contributed by atoms with van der Waals surface area (Å²) in [5.74, 6) is -1.37. The van der Waals surface area contributed by atoms with Gasteiger partial charge in [-0.25, -0.2) is 4.79 Å². The molecule has 20 heavy (non-hydrogen) atoms. The van der Waals surface area contributed by atoms with Crippen molar-refractivity contribution in [1.82, 2.24) is 0 Å². The molecule has 2 rings (SSSR count). The van der Waals surface area contributed by atoms with E-state index in [1.54, 1.807) is 0 Å². The van der Waals surface area contributed by atoms with Crippen molar-refractivity contribution in [2.24, 2.45) is 5.92 Å². The fourth-order valence-electron chi connectivity index (χ4n) is 1.61. The molecule has 110 valence electrons.